The number of hydrogen-bond acceptors (Lipinski definition) is 6. The van der Waals surface area contributed by atoms with Crippen molar-refractivity contribution in [3.05, 3.63) is 20.8 Å². The summed E-state index contributed by atoms with van der Waals surface area (Å²) in [5, 5.41) is 4.22. The summed E-state index contributed by atoms with van der Waals surface area (Å²) in [6.45, 7) is 9.21. The van der Waals surface area contributed by atoms with Gasteiger partial charge in [0.1, 0.15) is 4.83 Å². The highest BCUT2D eigenvalue weighted by Gasteiger charge is 2.23. The normalized spacial score (nSPS) is 17.1. The molecule has 0 radical (unpaired) electrons. The SMILES string of the molecule is CCc1c(C)sc2nc(SCC(=O)NC(C)C)n(C[C@H]3CCCO3)c(=O)c12. The van der Waals surface area contributed by atoms with E-state index in [9.17, 15) is 9.59 Å². The second-order valence-corrected chi connectivity index (χ2v) is 9.27. The molecule has 0 aromatic carbocycles. The molecular formula is C19H27N3O3S2. The summed E-state index contributed by atoms with van der Waals surface area (Å²) < 4.78 is 7.46. The van der Waals surface area contributed by atoms with E-state index in [2.05, 4.69) is 12.2 Å². The molecule has 3 rings (SSSR count). The van der Waals surface area contributed by atoms with Crippen molar-refractivity contribution in [2.45, 2.75) is 70.8 Å². The van der Waals surface area contributed by atoms with Crippen LogP contribution in [0.3, 0.4) is 0 Å². The number of thioether (sulfide) groups is 1. The van der Waals surface area contributed by atoms with Crippen LogP contribution in [0.4, 0.5) is 0 Å². The summed E-state index contributed by atoms with van der Waals surface area (Å²) in [6.07, 6.45) is 2.82. The Bertz CT molecular complexity index is 882. The van der Waals surface area contributed by atoms with E-state index in [1.807, 2.05) is 20.8 Å². The van der Waals surface area contributed by atoms with E-state index in [-0.39, 0.29) is 29.4 Å². The van der Waals surface area contributed by atoms with Gasteiger partial charge >= 0.3 is 0 Å². The Balaban J connectivity index is 1.98. The predicted molar refractivity (Wildman–Crippen MR) is 111 cm³/mol. The minimum atomic E-state index is -0.0513. The summed E-state index contributed by atoms with van der Waals surface area (Å²) in [4.78, 5) is 32.1. The fourth-order valence-corrected chi connectivity index (χ4v) is 5.39. The van der Waals surface area contributed by atoms with Crippen LogP contribution in [-0.2, 0) is 22.5 Å². The van der Waals surface area contributed by atoms with E-state index in [4.69, 9.17) is 9.72 Å². The number of carbonyl (C=O) groups is 1. The fourth-order valence-electron chi connectivity index (χ4n) is 3.41. The van der Waals surface area contributed by atoms with E-state index in [0.717, 1.165) is 46.5 Å². The van der Waals surface area contributed by atoms with Crippen molar-refractivity contribution >= 4 is 39.2 Å². The molecule has 0 bridgehead atoms. The number of thiophene rings is 1. The molecule has 0 saturated carbocycles. The lowest BCUT2D eigenvalue weighted by atomic mass is 10.1. The number of ether oxygens (including phenoxy) is 1. The second-order valence-electron chi connectivity index (χ2n) is 7.13. The molecule has 0 spiro atoms. The Labute approximate surface area is 167 Å². The van der Waals surface area contributed by atoms with Gasteiger partial charge in [-0.05, 0) is 45.6 Å². The first-order valence-corrected chi connectivity index (χ1v) is 11.3. The summed E-state index contributed by atoms with van der Waals surface area (Å²) >= 11 is 2.88. The van der Waals surface area contributed by atoms with Crippen molar-refractivity contribution in [3.8, 4) is 0 Å². The molecule has 1 N–H and O–H groups in total. The molecule has 8 heteroatoms. The highest BCUT2D eigenvalue weighted by Crippen LogP contribution is 2.30. The number of nitrogens with one attached hydrogen (secondary N) is 1. The Morgan fingerprint density at radius 1 is 1.48 bits per heavy atom. The number of fused-ring (bicyclic) bond motifs is 1. The lowest BCUT2D eigenvalue weighted by Gasteiger charge is -2.16. The van der Waals surface area contributed by atoms with E-state index in [1.165, 1.54) is 11.8 Å². The largest absolute Gasteiger partial charge is 0.376 e. The molecule has 1 aliphatic heterocycles. The van der Waals surface area contributed by atoms with Gasteiger partial charge in [0.25, 0.3) is 5.56 Å². The summed E-state index contributed by atoms with van der Waals surface area (Å²) in [5.74, 6) is 0.191. The quantitative estimate of drug-likeness (QED) is 0.562. The fraction of sp³-hybridized carbons (Fsp3) is 0.632. The van der Waals surface area contributed by atoms with Gasteiger partial charge in [-0.15, -0.1) is 11.3 Å². The molecule has 1 aliphatic rings. The molecule has 27 heavy (non-hydrogen) atoms. The Kier molecular flexibility index (Phi) is 6.60. The maximum Gasteiger partial charge on any atom is 0.263 e. The number of nitrogens with zero attached hydrogens (tertiary/aromatic N) is 2. The minimum Gasteiger partial charge on any atom is -0.376 e. The maximum atomic E-state index is 13.3. The van der Waals surface area contributed by atoms with Crippen LogP contribution in [-0.4, -0.2) is 40.0 Å². The number of hydrogen-bond donors (Lipinski definition) is 1. The number of rotatable bonds is 7. The van der Waals surface area contributed by atoms with E-state index >= 15 is 0 Å². The molecule has 148 valence electrons. The van der Waals surface area contributed by atoms with Gasteiger partial charge in [0, 0.05) is 17.5 Å². The summed E-state index contributed by atoms with van der Waals surface area (Å²) in [6, 6.07) is 0.0923. The van der Waals surface area contributed by atoms with E-state index < -0.39 is 0 Å². The van der Waals surface area contributed by atoms with Gasteiger partial charge in [0.15, 0.2) is 5.16 Å². The third-order valence-corrected chi connectivity index (χ3v) is 6.64. The van der Waals surface area contributed by atoms with Crippen molar-refractivity contribution in [2.75, 3.05) is 12.4 Å². The zero-order valence-corrected chi connectivity index (χ0v) is 18.0. The maximum absolute atomic E-state index is 13.3. The molecular weight excluding hydrogens is 382 g/mol. The first kappa shape index (κ1) is 20.4. The summed E-state index contributed by atoms with van der Waals surface area (Å²) in [5.41, 5.74) is 1.08. The lowest BCUT2D eigenvalue weighted by Crippen LogP contribution is -2.32. The molecule has 0 unspecified atom stereocenters. The van der Waals surface area contributed by atoms with Crippen molar-refractivity contribution in [3.63, 3.8) is 0 Å². The predicted octanol–water partition coefficient (Wildman–Crippen LogP) is 3.12. The molecule has 1 atom stereocenters. The van der Waals surface area contributed by atoms with Crippen molar-refractivity contribution in [2.24, 2.45) is 0 Å². The molecule has 2 aromatic rings. The van der Waals surface area contributed by atoms with Crippen molar-refractivity contribution < 1.29 is 9.53 Å². The monoisotopic (exact) mass is 409 g/mol. The number of aromatic nitrogens is 2. The van der Waals surface area contributed by atoms with Crippen LogP contribution in [0.25, 0.3) is 10.2 Å². The lowest BCUT2D eigenvalue weighted by molar-refractivity contribution is -0.119. The Morgan fingerprint density at radius 3 is 2.89 bits per heavy atom. The van der Waals surface area contributed by atoms with Crippen LogP contribution in [0, 0.1) is 6.92 Å². The Hall–Kier alpha value is -1.38. The average Bonchev–Trinajstić information content (AvgIpc) is 3.22. The van der Waals surface area contributed by atoms with Crippen molar-refractivity contribution in [1.82, 2.24) is 14.9 Å². The molecule has 1 fully saturated rings. The van der Waals surface area contributed by atoms with Crippen LogP contribution in [0.5, 0.6) is 0 Å². The zero-order valence-electron chi connectivity index (χ0n) is 16.3. The van der Waals surface area contributed by atoms with E-state index in [0.29, 0.717) is 11.7 Å². The summed E-state index contributed by atoms with van der Waals surface area (Å²) in [7, 11) is 0. The van der Waals surface area contributed by atoms with Crippen LogP contribution in [0.2, 0.25) is 0 Å². The number of amides is 1. The highest BCUT2D eigenvalue weighted by atomic mass is 32.2. The van der Waals surface area contributed by atoms with Gasteiger partial charge in [0.05, 0.1) is 23.8 Å². The third kappa shape index (κ3) is 4.55. The average molecular weight is 410 g/mol. The topological polar surface area (TPSA) is 73.2 Å². The van der Waals surface area contributed by atoms with Gasteiger partial charge in [-0.3, -0.25) is 14.2 Å². The van der Waals surface area contributed by atoms with Gasteiger partial charge < -0.3 is 10.1 Å². The van der Waals surface area contributed by atoms with Gasteiger partial charge in [-0.1, -0.05) is 18.7 Å². The molecule has 6 nitrogen and oxygen atoms in total. The van der Waals surface area contributed by atoms with Crippen LogP contribution < -0.4 is 10.9 Å². The highest BCUT2D eigenvalue weighted by molar-refractivity contribution is 7.99. The van der Waals surface area contributed by atoms with Crippen LogP contribution >= 0.6 is 23.1 Å². The molecule has 2 aromatic heterocycles. The molecule has 0 aliphatic carbocycles. The van der Waals surface area contributed by atoms with Crippen molar-refractivity contribution in [1.29, 1.82) is 0 Å². The first-order chi connectivity index (χ1) is 12.9. The smallest absolute Gasteiger partial charge is 0.263 e. The van der Waals surface area contributed by atoms with Gasteiger partial charge in [-0.25, -0.2) is 4.98 Å². The molecule has 1 amide bonds. The standard InChI is InChI=1S/C19H27N3O3S2/c1-5-14-12(4)27-17-16(14)18(24)22(9-13-7-6-8-25-13)19(21-17)26-10-15(23)20-11(2)3/h11,13H,5-10H2,1-4H3,(H,20,23)/t13-/m1/s1. The minimum absolute atomic E-state index is 0.0107. The van der Waals surface area contributed by atoms with Gasteiger partial charge in [0.2, 0.25) is 5.91 Å². The van der Waals surface area contributed by atoms with Gasteiger partial charge in [-0.2, -0.15) is 0 Å². The molecule has 3 heterocycles. The third-order valence-electron chi connectivity index (χ3n) is 4.62. The zero-order chi connectivity index (χ0) is 19.6. The Morgan fingerprint density at radius 2 is 2.26 bits per heavy atom. The first-order valence-electron chi connectivity index (χ1n) is 9.47. The number of aryl methyl sites for hydroxylation is 2. The molecule has 1 saturated heterocycles. The van der Waals surface area contributed by atoms with Crippen LogP contribution in [0.15, 0.2) is 9.95 Å². The second kappa shape index (κ2) is 8.75. The van der Waals surface area contributed by atoms with E-state index in [1.54, 1.807) is 15.9 Å². The van der Waals surface area contributed by atoms with Crippen LogP contribution in [0.1, 0.15) is 44.1 Å². The number of carbonyl (C=O) groups excluding carboxylic acids is 1.